The summed E-state index contributed by atoms with van der Waals surface area (Å²) in [6.45, 7) is 0. The summed E-state index contributed by atoms with van der Waals surface area (Å²) in [7, 11) is -2.33. The van der Waals surface area contributed by atoms with Crippen LogP contribution in [0.2, 0.25) is 0 Å². The van der Waals surface area contributed by atoms with E-state index in [9.17, 15) is 23.1 Å². The smallest absolute Gasteiger partial charge is 0.336 e. The number of benzene rings is 3. The fraction of sp³-hybridized carbons (Fsp3) is 0.0476. The number of carbonyl (C=O) groups excluding carboxylic acids is 1. The summed E-state index contributed by atoms with van der Waals surface area (Å²) >= 11 is 1.00. The molecular weight excluding hydrogens is 440 g/mol. The molecule has 160 valence electrons. The summed E-state index contributed by atoms with van der Waals surface area (Å²) in [6.07, 6.45) is 0. The lowest BCUT2D eigenvalue weighted by Crippen LogP contribution is -2.16. The highest BCUT2D eigenvalue weighted by atomic mass is 32.2. The monoisotopic (exact) mass is 458 g/mol. The van der Waals surface area contributed by atoms with Crippen molar-refractivity contribution in [2.75, 3.05) is 17.1 Å². The molecule has 0 aliphatic rings. The summed E-state index contributed by atoms with van der Waals surface area (Å²) in [5.74, 6) is -1.89. The lowest BCUT2D eigenvalue weighted by atomic mass is 10.1. The van der Waals surface area contributed by atoms with Crippen LogP contribution in [-0.2, 0) is 14.0 Å². The predicted octanol–water partition coefficient (Wildman–Crippen LogP) is 4.09. The van der Waals surface area contributed by atoms with Crippen molar-refractivity contribution in [1.29, 1.82) is 0 Å². The van der Waals surface area contributed by atoms with Crippen molar-refractivity contribution < 1.29 is 27.3 Å². The summed E-state index contributed by atoms with van der Waals surface area (Å²) in [6, 6.07) is 17.7. The Bertz CT molecular complexity index is 1210. The topological polar surface area (TPSA) is 122 Å². The largest absolute Gasteiger partial charge is 0.478 e. The molecule has 0 radical (unpaired) electrons. The van der Waals surface area contributed by atoms with Gasteiger partial charge in [0.1, 0.15) is 12.2 Å². The van der Waals surface area contributed by atoms with Gasteiger partial charge in [-0.2, -0.15) is 0 Å². The van der Waals surface area contributed by atoms with Gasteiger partial charge in [0, 0.05) is 11.4 Å². The molecule has 0 aliphatic heterocycles. The summed E-state index contributed by atoms with van der Waals surface area (Å²) in [4.78, 5) is 24.0. The van der Waals surface area contributed by atoms with E-state index in [1.54, 1.807) is 18.2 Å². The number of carboxylic acids is 1. The first kappa shape index (κ1) is 22.3. The molecule has 1 amide bonds. The van der Waals surface area contributed by atoms with E-state index in [2.05, 4.69) is 10.0 Å². The van der Waals surface area contributed by atoms with Crippen LogP contribution in [0.4, 0.5) is 11.4 Å². The molecule has 8 nitrogen and oxygen atoms in total. The molecule has 0 saturated carbocycles. The zero-order valence-electron chi connectivity index (χ0n) is 16.2. The zero-order chi connectivity index (χ0) is 22.4. The first-order valence-corrected chi connectivity index (χ1v) is 11.1. The van der Waals surface area contributed by atoms with Crippen molar-refractivity contribution >= 4 is 45.3 Å². The van der Waals surface area contributed by atoms with E-state index in [-0.39, 0.29) is 26.6 Å². The third-order valence-corrected chi connectivity index (χ3v) is 6.46. The van der Waals surface area contributed by atoms with Gasteiger partial charge in [0.2, 0.25) is 9.84 Å². The van der Waals surface area contributed by atoms with Crippen LogP contribution in [0.5, 0.6) is 0 Å². The highest BCUT2D eigenvalue weighted by Gasteiger charge is 2.20. The van der Waals surface area contributed by atoms with Gasteiger partial charge in [-0.15, -0.1) is 0 Å². The van der Waals surface area contributed by atoms with Crippen LogP contribution < -0.4 is 10.0 Å². The second-order valence-corrected chi connectivity index (χ2v) is 8.87. The van der Waals surface area contributed by atoms with Crippen LogP contribution in [0.25, 0.3) is 0 Å². The number of carbonyl (C=O) groups is 2. The van der Waals surface area contributed by atoms with Gasteiger partial charge in [0.05, 0.1) is 28.0 Å². The Morgan fingerprint density at radius 3 is 2.19 bits per heavy atom. The van der Waals surface area contributed by atoms with Crippen molar-refractivity contribution in [2.45, 2.75) is 9.79 Å². The van der Waals surface area contributed by atoms with Crippen LogP contribution in [0, 0.1) is 0 Å². The van der Waals surface area contributed by atoms with E-state index in [0.717, 1.165) is 12.2 Å². The Balaban J connectivity index is 1.84. The second kappa shape index (κ2) is 9.65. The average Bonchev–Trinajstić information content (AvgIpc) is 2.78. The van der Waals surface area contributed by atoms with Crippen LogP contribution in [0.3, 0.4) is 0 Å². The lowest BCUT2D eigenvalue weighted by molar-refractivity contribution is 0.0692. The van der Waals surface area contributed by atoms with Crippen LogP contribution in [0.1, 0.15) is 20.7 Å². The molecule has 31 heavy (non-hydrogen) atoms. The maximum Gasteiger partial charge on any atom is 0.336 e. The fourth-order valence-electron chi connectivity index (χ4n) is 2.74. The van der Waals surface area contributed by atoms with E-state index >= 15 is 0 Å². The zero-order valence-corrected chi connectivity index (χ0v) is 17.9. The van der Waals surface area contributed by atoms with Gasteiger partial charge in [-0.3, -0.25) is 4.79 Å². The maximum atomic E-state index is 13.0. The molecule has 3 aromatic rings. The summed E-state index contributed by atoms with van der Waals surface area (Å²) < 4.78 is 33.7. The van der Waals surface area contributed by atoms with Crippen molar-refractivity contribution in [1.82, 2.24) is 0 Å². The normalized spacial score (nSPS) is 11.0. The number of hydrogen-bond acceptors (Lipinski definition) is 7. The Morgan fingerprint density at radius 1 is 0.871 bits per heavy atom. The van der Waals surface area contributed by atoms with Gasteiger partial charge in [-0.1, -0.05) is 18.2 Å². The molecule has 0 fully saturated rings. The van der Waals surface area contributed by atoms with E-state index < -0.39 is 21.7 Å². The second-order valence-electron chi connectivity index (χ2n) is 6.21. The van der Waals surface area contributed by atoms with Crippen molar-refractivity contribution in [3.8, 4) is 0 Å². The van der Waals surface area contributed by atoms with Crippen LogP contribution >= 0.6 is 12.2 Å². The number of aromatic carboxylic acids is 1. The third-order valence-electron chi connectivity index (χ3n) is 4.21. The van der Waals surface area contributed by atoms with E-state index in [0.29, 0.717) is 5.69 Å². The molecule has 0 unspecified atom stereocenters. The molecule has 0 aromatic heterocycles. The Kier molecular flexibility index (Phi) is 6.95. The third kappa shape index (κ3) is 5.23. The molecule has 0 spiro atoms. The van der Waals surface area contributed by atoms with E-state index in [4.69, 9.17) is 4.18 Å². The standard InChI is InChI=1S/C21H18N2O6S2/c1-29-30-23-14-9-11-16(12-10-14)31(27,28)17-6-4-5-15(13-17)22-20(24)18-7-2-3-8-19(18)21(25)26/h2-13,23H,1H3,(H,22,24)(H,25,26). The lowest BCUT2D eigenvalue weighted by Gasteiger charge is -2.10. The summed E-state index contributed by atoms with van der Waals surface area (Å²) in [5.41, 5.74) is 0.717. The van der Waals surface area contributed by atoms with Crippen molar-refractivity contribution in [2.24, 2.45) is 0 Å². The number of rotatable bonds is 8. The molecule has 0 saturated heterocycles. The highest BCUT2D eigenvalue weighted by Crippen LogP contribution is 2.25. The van der Waals surface area contributed by atoms with Crippen molar-refractivity contribution in [3.05, 3.63) is 83.9 Å². The number of hydrogen-bond donors (Lipinski definition) is 3. The van der Waals surface area contributed by atoms with Gasteiger partial charge >= 0.3 is 5.97 Å². The molecule has 3 rings (SSSR count). The number of carboxylic acid groups (broad SMARTS) is 1. The number of anilines is 2. The Morgan fingerprint density at radius 2 is 1.55 bits per heavy atom. The minimum absolute atomic E-state index is 0.0104. The fourth-order valence-corrected chi connectivity index (χ4v) is 4.36. The molecular formula is C21H18N2O6S2. The predicted molar refractivity (Wildman–Crippen MR) is 118 cm³/mol. The van der Waals surface area contributed by atoms with Gasteiger partial charge in [-0.05, 0) is 54.6 Å². The Labute approximate surface area is 183 Å². The van der Waals surface area contributed by atoms with E-state index in [1.807, 2.05) is 0 Å². The van der Waals surface area contributed by atoms with Gasteiger partial charge in [0.15, 0.2) is 0 Å². The van der Waals surface area contributed by atoms with Crippen molar-refractivity contribution in [3.63, 3.8) is 0 Å². The molecule has 0 bridgehead atoms. The SMILES string of the molecule is COSNc1ccc(S(=O)(=O)c2cccc(NC(=O)c3ccccc3C(=O)O)c2)cc1. The number of nitrogens with one attached hydrogen (secondary N) is 2. The molecule has 3 N–H and O–H groups in total. The average molecular weight is 459 g/mol. The quantitative estimate of drug-likeness (QED) is 0.341. The van der Waals surface area contributed by atoms with Gasteiger partial charge < -0.3 is 19.3 Å². The minimum Gasteiger partial charge on any atom is -0.478 e. The van der Waals surface area contributed by atoms with Crippen LogP contribution in [-0.4, -0.2) is 32.5 Å². The molecule has 0 atom stereocenters. The first-order chi connectivity index (χ1) is 14.8. The Hall–Kier alpha value is -3.34. The van der Waals surface area contributed by atoms with Gasteiger partial charge in [0.25, 0.3) is 5.91 Å². The number of sulfone groups is 1. The molecule has 0 heterocycles. The highest BCUT2D eigenvalue weighted by molar-refractivity contribution is 7.96. The maximum absolute atomic E-state index is 13.0. The minimum atomic E-state index is -3.83. The van der Waals surface area contributed by atoms with Gasteiger partial charge in [-0.25, -0.2) is 13.2 Å². The number of amides is 1. The molecule has 10 heteroatoms. The summed E-state index contributed by atoms with van der Waals surface area (Å²) in [5, 5.41) is 11.8. The van der Waals surface area contributed by atoms with Crippen LogP contribution in [0.15, 0.2) is 82.6 Å². The van der Waals surface area contributed by atoms with E-state index in [1.165, 1.54) is 61.7 Å². The molecule has 0 aliphatic carbocycles. The first-order valence-electron chi connectivity index (χ1n) is 8.87. The molecule has 3 aromatic carbocycles.